The zero-order valence-corrected chi connectivity index (χ0v) is 18.6. The van der Waals surface area contributed by atoms with Gasteiger partial charge < -0.3 is 9.47 Å². The number of carbonyl (C=O) groups is 1. The summed E-state index contributed by atoms with van der Waals surface area (Å²) < 4.78 is 15.3. The lowest BCUT2D eigenvalue weighted by molar-refractivity contribution is -0.117. The molecule has 0 saturated heterocycles. The molecule has 8 heteroatoms. The Morgan fingerprint density at radius 3 is 2.65 bits per heavy atom. The molecule has 0 aliphatic carbocycles. The van der Waals surface area contributed by atoms with Gasteiger partial charge in [0.15, 0.2) is 11.0 Å². The van der Waals surface area contributed by atoms with Crippen LogP contribution in [0.15, 0.2) is 53.7 Å². The summed E-state index contributed by atoms with van der Waals surface area (Å²) in [6, 6.07) is 15.8. The minimum absolute atomic E-state index is 0.172. The van der Waals surface area contributed by atoms with Crippen molar-refractivity contribution in [2.45, 2.75) is 44.1 Å². The maximum absolute atomic E-state index is 13.3. The van der Waals surface area contributed by atoms with Crippen molar-refractivity contribution >= 4 is 23.4 Å². The van der Waals surface area contributed by atoms with Crippen LogP contribution in [0.2, 0.25) is 0 Å². The van der Waals surface area contributed by atoms with Gasteiger partial charge in [0.1, 0.15) is 5.82 Å². The molecular weight excluding hydrogens is 413 g/mol. The second kappa shape index (κ2) is 10.2. The first kappa shape index (κ1) is 22.5. The summed E-state index contributed by atoms with van der Waals surface area (Å²) in [7, 11) is 0. The topological polar surface area (TPSA) is 74.8 Å². The fourth-order valence-corrected chi connectivity index (χ4v) is 4.21. The number of carbonyl (C=O) groups excluding carboxylic acids is 1. The SMILES string of the molecule is CCn1c(SC(C)C(=O)N(CCC#N)c2ccc(F)cc2)nnc1-c1cccc(C)c1. The molecule has 0 N–H and O–H groups in total. The summed E-state index contributed by atoms with van der Waals surface area (Å²) >= 11 is 1.32. The van der Waals surface area contributed by atoms with Crippen molar-refractivity contribution in [3.63, 3.8) is 0 Å². The number of halogens is 1. The Kier molecular flexibility index (Phi) is 7.42. The number of anilines is 1. The molecule has 1 aromatic heterocycles. The number of amides is 1. The van der Waals surface area contributed by atoms with Gasteiger partial charge in [-0.05, 0) is 51.1 Å². The Morgan fingerprint density at radius 2 is 2.00 bits per heavy atom. The fraction of sp³-hybridized carbons (Fsp3) is 0.304. The number of benzene rings is 2. The third kappa shape index (κ3) is 5.30. The Balaban J connectivity index is 1.83. The molecule has 1 heterocycles. The van der Waals surface area contributed by atoms with Crippen LogP contribution in [0.5, 0.6) is 0 Å². The van der Waals surface area contributed by atoms with E-state index >= 15 is 0 Å². The number of nitriles is 1. The second-order valence-electron chi connectivity index (χ2n) is 7.05. The van der Waals surface area contributed by atoms with E-state index < -0.39 is 5.25 Å². The van der Waals surface area contributed by atoms with Gasteiger partial charge in [0.2, 0.25) is 5.91 Å². The van der Waals surface area contributed by atoms with Crippen LogP contribution in [0.4, 0.5) is 10.1 Å². The standard InChI is InChI=1S/C23H24FN5OS/c1-4-28-21(18-8-5-7-16(2)15-18)26-27-23(28)31-17(3)22(30)29(14-6-13-25)20-11-9-19(24)10-12-20/h5,7-12,15,17H,4,6,14H2,1-3H3. The zero-order chi connectivity index (χ0) is 22.4. The van der Waals surface area contributed by atoms with E-state index in [-0.39, 0.29) is 24.7 Å². The second-order valence-corrected chi connectivity index (χ2v) is 8.36. The maximum Gasteiger partial charge on any atom is 0.240 e. The summed E-state index contributed by atoms with van der Waals surface area (Å²) in [5.74, 6) is 0.210. The predicted molar refractivity (Wildman–Crippen MR) is 120 cm³/mol. The normalized spacial score (nSPS) is 11.7. The number of thioether (sulfide) groups is 1. The van der Waals surface area contributed by atoms with Crippen LogP contribution in [0.1, 0.15) is 25.8 Å². The monoisotopic (exact) mass is 437 g/mol. The Labute approximate surface area is 185 Å². The first-order chi connectivity index (χ1) is 14.9. The first-order valence-electron chi connectivity index (χ1n) is 10.1. The molecule has 0 spiro atoms. The third-order valence-corrected chi connectivity index (χ3v) is 5.86. The highest BCUT2D eigenvalue weighted by Gasteiger charge is 2.25. The number of hydrogen-bond acceptors (Lipinski definition) is 5. The lowest BCUT2D eigenvalue weighted by Crippen LogP contribution is -2.37. The van der Waals surface area contributed by atoms with Crippen LogP contribution in [0.3, 0.4) is 0 Å². The van der Waals surface area contributed by atoms with Gasteiger partial charge in [-0.2, -0.15) is 5.26 Å². The molecule has 1 amide bonds. The van der Waals surface area contributed by atoms with Gasteiger partial charge in [-0.15, -0.1) is 10.2 Å². The van der Waals surface area contributed by atoms with Gasteiger partial charge in [0, 0.05) is 24.3 Å². The number of nitrogens with zero attached hydrogens (tertiary/aromatic N) is 5. The molecule has 0 saturated carbocycles. The minimum Gasteiger partial charge on any atom is -0.310 e. The maximum atomic E-state index is 13.3. The number of aryl methyl sites for hydroxylation is 1. The van der Waals surface area contributed by atoms with E-state index in [1.54, 1.807) is 19.1 Å². The van der Waals surface area contributed by atoms with Crippen molar-refractivity contribution in [1.82, 2.24) is 14.8 Å². The summed E-state index contributed by atoms with van der Waals surface area (Å²) in [5, 5.41) is 17.8. The van der Waals surface area contributed by atoms with Gasteiger partial charge >= 0.3 is 0 Å². The van der Waals surface area contributed by atoms with Crippen molar-refractivity contribution in [1.29, 1.82) is 5.26 Å². The molecule has 0 aliphatic rings. The average Bonchev–Trinajstić information content (AvgIpc) is 3.17. The molecule has 0 fully saturated rings. The van der Waals surface area contributed by atoms with Gasteiger partial charge in [-0.3, -0.25) is 4.79 Å². The van der Waals surface area contributed by atoms with E-state index in [0.717, 1.165) is 17.0 Å². The molecule has 0 bridgehead atoms. The lowest BCUT2D eigenvalue weighted by Gasteiger charge is -2.25. The van der Waals surface area contributed by atoms with Crippen LogP contribution in [-0.2, 0) is 11.3 Å². The lowest BCUT2D eigenvalue weighted by atomic mass is 10.1. The molecule has 0 aliphatic heterocycles. The molecule has 2 aromatic carbocycles. The molecule has 1 atom stereocenters. The molecule has 31 heavy (non-hydrogen) atoms. The first-order valence-corrected chi connectivity index (χ1v) is 10.9. The molecule has 3 aromatic rings. The van der Waals surface area contributed by atoms with Gasteiger partial charge in [0.05, 0.1) is 17.7 Å². The molecule has 1 unspecified atom stereocenters. The van der Waals surface area contributed by atoms with E-state index in [9.17, 15) is 9.18 Å². The van der Waals surface area contributed by atoms with E-state index in [0.29, 0.717) is 17.4 Å². The van der Waals surface area contributed by atoms with Crippen LogP contribution in [0.25, 0.3) is 11.4 Å². The predicted octanol–water partition coefficient (Wildman–Crippen LogP) is 4.84. The van der Waals surface area contributed by atoms with Crippen molar-refractivity contribution in [3.05, 3.63) is 59.9 Å². The van der Waals surface area contributed by atoms with Crippen LogP contribution < -0.4 is 4.90 Å². The molecule has 160 valence electrons. The smallest absolute Gasteiger partial charge is 0.240 e. The van der Waals surface area contributed by atoms with Crippen LogP contribution >= 0.6 is 11.8 Å². The molecule has 0 radical (unpaired) electrons. The van der Waals surface area contributed by atoms with Crippen molar-refractivity contribution in [2.75, 3.05) is 11.4 Å². The van der Waals surface area contributed by atoms with Crippen LogP contribution in [-0.4, -0.2) is 32.5 Å². The average molecular weight is 438 g/mol. The third-order valence-electron chi connectivity index (χ3n) is 4.79. The fourth-order valence-electron chi connectivity index (χ4n) is 3.24. The van der Waals surface area contributed by atoms with E-state index in [1.165, 1.54) is 28.8 Å². The van der Waals surface area contributed by atoms with E-state index in [4.69, 9.17) is 5.26 Å². The van der Waals surface area contributed by atoms with E-state index in [2.05, 4.69) is 22.3 Å². The Morgan fingerprint density at radius 1 is 1.26 bits per heavy atom. The molecule has 6 nitrogen and oxygen atoms in total. The van der Waals surface area contributed by atoms with Gasteiger partial charge in [0.25, 0.3) is 0 Å². The minimum atomic E-state index is -0.469. The highest BCUT2D eigenvalue weighted by Crippen LogP contribution is 2.29. The van der Waals surface area contributed by atoms with Crippen molar-refractivity contribution < 1.29 is 9.18 Å². The molecule has 3 rings (SSSR count). The molecular formula is C23H24FN5OS. The summed E-state index contributed by atoms with van der Waals surface area (Å²) in [6.07, 6.45) is 0.184. The van der Waals surface area contributed by atoms with Crippen molar-refractivity contribution in [2.24, 2.45) is 0 Å². The highest BCUT2D eigenvalue weighted by atomic mass is 32.2. The Bertz CT molecular complexity index is 1090. The number of rotatable bonds is 8. The van der Waals surface area contributed by atoms with Gasteiger partial charge in [-0.1, -0.05) is 35.5 Å². The van der Waals surface area contributed by atoms with Crippen molar-refractivity contribution in [3.8, 4) is 17.5 Å². The zero-order valence-electron chi connectivity index (χ0n) is 17.7. The summed E-state index contributed by atoms with van der Waals surface area (Å²) in [5.41, 5.74) is 2.67. The summed E-state index contributed by atoms with van der Waals surface area (Å²) in [6.45, 7) is 6.74. The van der Waals surface area contributed by atoms with E-state index in [1.807, 2.05) is 36.6 Å². The highest BCUT2D eigenvalue weighted by molar-refractivity contribution is 8.00. The quantitative estimate of drug-likeness (QED) is 0.472. The number of aromatic nitrogens is 3. The summed E-state index contributed by atoms with van der Waals surface area (Å²) in [4.78, 5) is 14.7. The largest absolute Gasteiger partial charge is 0.310 e. The van der Waals surface area contributed by atoms with Gasteiger partial charge in [-0.25, -0.2) is 4.39 Å². The number of hydrogen-bond donors (Lipinski definition) is 0. The Hall–Kier alpha value is -3.18. The van der Waals surface area contributed by atoms with Crippen LogP contribution in [0, 0.1) is 24.1 Å².